The Kier molecular flexibility index (Phi) is 5.84. The Labute approximate surface area is 162 Å². The molecule has 27 heavy (non-hydrogen) atoms. The van der Waals surface area contributed by atoms with Crippen LogP contribution in [0.2, 0.25) is 0 Å². The number of carbonyl (C=O) groups excluding carboxylic acids is 4. The van der Waals surface area contributed by atoms with Gasteiger partial charge >= 0.3 is 5.97 Å². The first kappa shape index (κ1) is 19.4. The van der Waals surface area contributed by atoms with Crippen LogP contribution in [0.5, 0.6) is 0 Å². The number of thioether (sulfide) groups is 1. The maximum Gasteiger partial charge on any atom is 0.328 e. The van der Waals surface area contributed by atoms with Gasteiger partial charge in [-0.1, -0.05) is 12.1 Å². The third-order valence-electron chi connectivity index (χ3n) is 5.03. The van der Waals surface area contributed by atoms with Crippen molar-refractivity contribution in [3.05, 3.63) is 35.4 Å². The minimum atomic E-state index is -0.921. The van der Waals surface area contributed by atoms with E-state index < -0.39 is 29.9 Å². The van der Waals surface area contributed by atoms with Gasteiger partial charge in [0.25, 0.3) is 11.8 Å². The van der Waals surface area contributed by atoms with E-state index in [2.05, 4.69) is 0 Å². The highest BCUT2D eigenvalue weighted by Gasteiger charge is 2.46. The highest BCUT2D eigenvalue weighted by molar-refractivity contribution is 7.98. The quantitative estimate of drug-likeness (QED) is 0.542. The van der Waals surface area contributed by atoms with Crippen LogP contribution in [0.3, 0.4) is 0 Å². The van der Waals surface area contributed by atoms with Crippen molar-refractivity contribution in [1.82, 2.24) is 9.80 Å². The number of amides is 3. The van der Waals surface area contributed by atoms with Crippen molar-refractivity contribution in [1.29, 1.82) is 0 Å². The number of likely N-dealkylation sites (tertiary alicyclic amines) is 1. The Morgan fingerprint density at radius 1 is 1.22 bits per heavy atom. The van der Waals surface area contributed by atoms with E-state index in [9.17, 15) is 19.2 Å². The topological polar surface area (TPSA) is 84.0 Å². The molecular weight excluding hydrogens is 368 g/mol. The van der Waals surface area contributed by atoms with Crippen LogP contribution in [-0.2, 0) is 14.3 Å². The zero-order valence-electron chi connectivity index (χ0n) is 15.3. The van der Waals surface area contributed by atoms with Crippen LogP contribution in [0, 0.1) is 0 Å². The summed E-state index contributed by atoms with van der Waals surface area (Å²) in [5, 5.41) is 0. The molecule has 144 valence electrons. The number of fused-ring (bicyclic) bond motifs is 1. The Balaban J connectivity index is 1.91. The third kappa shape index (κ3) is 3.45. The zero-order valence-corrected chi connectivity index (χ0v) is 16.2. The lowest BCUT2D eigenvalue weighted by atomic mass is 10.1. The lowest BCUT2D eigenvalue weighted by Crippen LogP contribution is -2.53. The van der Waals surface area contributed by atoms with Crippen LogP contribution in [0.1, 0.15) is 40.0 Å². The van der Waals surface area contributed by atoms with Crippen molar-refractivity contribution < 1.29 is 23.9 Å². The summed E-state index contributed by atoms with van der Waals surface area (Å²) in [4.78, 5) is 53.5. The molecular formula is C19H22N2O5S. The molecule has 0 bridgehead atoms. The van der Waals surface area contributed by atoms with E-state index in [1.165, 1.54) is 23.8 Å². The summed E-state index contributed by atoms with van der Waals surface area (Å²) >= 11 is 1.53. The second kappa shape index (κ2) is 8.12. The zero-order chi connectivity index (χ0) is 19.6. The molecule has 1 saturated heterocycles. The Bertz CT molecular complexity index is 746. The van der Waals surface area contributed by atoms with Gasteiger partial charge in [0.15, 0.2) is 0 Å². The highest BCUT2D eigenvalue weighted by Crippen LogP contribution is 2.29. The molecule has 0 radical (unpaired) electrons. The maximum absolute atomic E-state index is 13.3. The van der Waals surface area contributed by atoms with Gasteiger partial charge in [0.2, 0.25) is 5.91 Å². The van der Waals surface area contributed by atoms with Crippen molar-refractivity contribution >= 4 is 35.5 Å². The lowest BCUT2D eigenvalue weighted by Gasteiger charge is -2.31. The van der Waals surface area contributed by atoms with E-state index in [-0.39, 0.29) is 5.91 Å². The predicted molar refractivity (Wildman–Crippen MR) is 100 cm³/mol. The van der Waals surface area contributed by atoms with Gasteiger partial charge in [-0.15, -0.1) is 0 Å². The molecule has 3 rings (SSSR count). The molecule has 1 fully saturated rings. The monoisotopic (exact) mass is 390 g/mol. The molecule has 2 atom stereocenters. The lowest BCUT2D eigenvalue weighted by molar-refractivity contribution is -0.152. The summed E-state index contributed by atoms with van der Waals surface area (Å²) in [6.07, 6.45) is 3.45. The highest BCUT2D eigenvalue weighted by atomic mass is 32.2. The van der Waals surface area contributed by atoms with E-state index in [0.29, 0.717) is 42.7 Å². The fraction of sp³-hybridized carbons (Fsp3) is 0.474. The third-order valence-corrected chi connectivity index (χ3v) is 5.67. The van der Waals surface area contributed by atoms with Crippen LogP contribution in [0.25, 0.3) is 0 Å². The van der Waals surface area contributed by atoms with E-state index in [1.807, 2.05) is 6.26 Å². The van der Waals surface area contributed by atoms with Crippen LogP contribution in [-0.4, -0.2) is 71.2 Å². The predicted octanol–water partition coefficient (Wildman–Crippen LogP) is 1.57. The molecule has 0 N–H and O–H groups in total. The molecule has 2 unspecified atom stereocenters. The molecule has 1 aromatic rings. The van der Waals surface area contributed by atoms with Gasteiger partial charge < -0.3 is 9.64 Å². The summed E-state index contributed by atoms with van der Waals surface area (Å²) < 4.78 is 4.81. The van der Waals surface area contributed by atoms with Gasteiger partial charge in [-0.3, -0.25) is 19.3 Å². The molecule has 2 heterocycles. The summed E-state index contributed by atoms with van der Waals surface area (Å²) in [5.74, 6) is -1.13. The number of hydrogen-bond donors (Lipinski definition) is 0. The number of hydrogen-bond acceptors (Lipinski definition) is 6. The van der Waals surface area contributed by atoms with Crippen molar-refractivity contribution in [3.63, 3.8) is 0 Å². The largest absolute Gasteiger partial charge is 0.467 e. The van der Waals surface area contributed by atoms with Crippen LogP contribution in [0.4, 0.5) is 0 Å². The average Bonchev–Trinajstić information content (AvgIpc) is 3.27. The summed E-state index contributed by atoms with van der Waals surface area (Å²) in [6, 6.07) is 5.00. The van der Waals surface area contributed by atoms with Gasteiger partial charge in [-0.2, -0.15) is 11.8 Å². The van der Waals surface area contributed by atoms with E-state index >= 15 is 0 Å². The van der Waals surface area contributed by atoms with Crippen molar-refractivity contribution in [3.8, 4) is 0 Å². The fourth-order valence-corrected chi connectivity index (χ4v) is 4.15. The molecule has 0 saturated carbocycles. The molecule has 3 amide bonds. The summed E-state index contributed by atoms with van der Waals surface area (Å²) in [7, 11) is 1.29. The second-order valence-electron chi connectivity index (χ2n) is 6.54. The standard InChI is InChI=1S/C19H22N2O5S/c1-26-19(25)15-8-5-10-20(15)18(24)14(9-11-27-2)21-16(22)12-6-3-4-7-13(12)17(21)23/h3-4,6-7,14-15H,5,8-11H2,1-2H3. The SMILES string of the molecule is COC(=O)C1CCCN1C(=O)C(CCSC)N1C(=O)c2ccccc2C1=O. The number of methoxy groups -OCH3 is 1. The molecule has 2 aliphatic rings. The Hall–Kier alpha value is -2.35. The molecule has 0 aromatic heterocycles. The number of rotatable bonds is 6. The molecule has 0 aliphatic carbocycles. The van der Waals surface area contributed by atoms with Gasteiger partial charge in [0, 0.05) is 6.54 Å². The molecule has 7 nitrogen and oxygen atoms in total. The first-order valence-electron chi connectivity index (χ1n) is 8.85. The summed E-state index contributed by atoms with van der Waals surface area (Å²) in [5.41, 5.74) is 0.630. The van der Waals surface area contributed by atoms with Crippen molar-refractivity contribution in [2.24, 2.45) is 0 Å². The smallest absolute Gasteiger partial charge is 0.328 e. The van der Waals surface area contributed by atoms with E-state index in [0.717, 1.165) is 4.90 Å². The number of nitrogens with zero attached hydrogens (tertiary/aromatic N) is 2. The number of benzene rings is 1. The Morgan fingerprint density at radius 3 is 2.41 bits per heavy atom. The van der Waals surface area contributed by atoms with Crippen LogP contribution < -0.4 is 0 Å². The van der Waals surface area contributed by atoms with Crippen LogP contribution >= 0.6 is 11.8 Å². The van der Waals surface area contributed by atoms with Crippen LogP contribution in [0.15, 0.2) is 24.3 Å². The average molecular weight is 390 g/mol. The molecule has 2 aliphatic heterocycles. The maximum atomic E-state index is 13.3. The minimum absolute atomic E-state index is 0.315. The van der Waals surface area contributed by atoms with Gasteiger partial charge in [0.1, 0.15) is 12.1 Å². The van der Waals surface area contributed by atoms with Gasteiger partial charge in [-0.05, 0) is 43.4 Å². The first-order valence-corrected chi connectivity index (χ1v) is 10.2. The number of ether oxygens (including phenoxy) is 1. The second-order valence-corrected chi connectivity index (χ2v) is 7.52. The number of esters is 1. The molecule has 8 heteroatoms. The van der Waals surface area contributed by atoms with Gasteiger partial charge in [0.05, 0.1) is 18.2 Å². The van der Waals surface area contributed by atoms with E-state index in [1.54, 1.807) is 24.3 Å². The minimum Gasteiger partial charge on any atom is -0.467 e. The fourth-order valence-electron chi connectivity index (χ4n) is 3.69. The van der Waals surface area contributed by atoms with Crippen molar-refractivity contribution in [2.75, 3.05) is 25.7 Å². The first-order chi connectivity index (χ1) is 13.0. The number of imide groups is 1. The van der Waals surface area contributed by atoms with Gasteiger partial charge in [-0.25, -0.2) is 4.79 Å². The number of carbonyl (C=O) groups is 4. The summed E-state index contributed by atoms with van der Waals surface area (Å²) in [6.45, 7) is 0.414. The molecule has 1 aromatic carbocycles. The van der Waals surface area contributed by atoms with E-state index in [4.69, 9.17) is 4.74 Å². The Morgan fingerprint density at radius 2 is 1.85 bits per heavy atom. The van der Waals surface area contributed by atoms with Crippen molar-refractivity contribution in [2.45, 2.75) is 31.3 Å². The molecule has 0 spiro atoms. The normalized spacial score (nSPS) is 20.0.